The Bertz CT molecular complexity index is 430. The van der Waals surface area contributed by atoms with E-state index < -0.39 is 0 Å². The predicted octanol–water partition coefficient (Wildman–Crippen LogP) is 4.04. The molecule has 2 nitrogen and oxygen atoms in total. The third-order valence-electron chi connectivity index (χ3n) is 3.64. The van der Waals surface area contributed by atoms with Gasteiger partial charge in [-0.1, -0.05) is 47.6 Å². The summed E-state index contributed by atoms with van der Waals surface area (Å²) in [4.78, 5) is 0. The van der Waals surface area contributed by atoms with E-state index in [-0.39, 0.29) is 12.1 Å². The van der Waals surface area contributed by atoms with E-state index in [0.717, 1.165) is 31.2 Å². The third kappa shape index (κ3) is 2.94. The second kappa shape index (κ2) is 5.98. The molecular weight excluding hydrogens is 293 g/mol. The highest BCUT2D eigenvalue weighted by atomic mass is 35.5. The van der Waals surface area contributed by atoms with Gasteiger partial charge in [0, 0.05) is 22.7 Å². The Balaban J connectivity index is 2.12. The summed E-state index contributed by atoms with van der Waals surface area (Å²) in [5, 5.41) is 14.5. The van der Waals surface area contributed by atoms with Gasteiger partial charge < -0.3 is 10.4 Å². The van der Waals surface area contributed by atoms with Crippen molar-refractivity contribution in [3.63, 3.8) is 0 Å². The van der Waals surface area contributed by atoms with Crippen LogP contribution in [0.3, 0.4) is 0 Å². The highest BCUT2D eigenvalue weighted by Gasteiger charge is 2.32. The van der Waals surface area contributed by atoms with Gasteiger partial charge in [-0.3, -0.25) is 0 Å². The molecule has 1 saturated carbocycles. The number of aliphatic hydroxyl groups excluding tert-OH is 1. The molecule has 100 valence electrons. The normalized spacial score (nSPS) is 18.2. The fraction of sp³-hybridized carbons (Fsp3) is 0.538. The van der Waals surface area contributed by atoms with E-state index >= 15 is 0 Å². The molecule has 0 saturated heterocycles. The molecule has 18 heavy (non-hydrogen) atoms. The van der Waals surface area contributed by atoms with Crippen LogP contribution in [-0.2, 0) is 6.54 Å². The van der Waals surface area contributed by atoms with Gasteiger partial charge in [0.1, 0.15) is 0 Å². The zero-order valence-corrected chi connectivity index (χ0v) is 12.2. The SMILES string of the molecule is OCC1(NCc2c(Cl)ccc(Cl)c2Cl)CCCC1. The number of nitrogens with one attached hydrogen (secondary N) is 1. The standard InChI is InChI=1S/C13H16Cl3NO/c14-10-3-4-11(15)12(16)9(10)7-17-13(8-18)5-1-2-6-13/h3-4,17-18H,1-2,5-8H2. The summed E-state index contributed by atoms with van der Waals surface area (Å²) in [5.41, 5.74) is 0.611. The van der Waals surface area contributed by atoms with Crippen LogP contribution in [0.2, 0.25) is 15.1 Å². The maximum Gasteiger partial charge on any atom is 0.0652 e. The number of benzene rings is 1. The van der Waals surface area contributed by atoms with Gasteiger partial charge in [0.2, 0.25) is 0 Å². The van der Waals surface area contributed by atoms with E-state index in [2.05, 4.69) is 5.32 Å². The van der Waals surface area contributed by atoms with Gasteiger partial charge in [0.05, 0.1) is 16.7 Å². The lowest BCUT2D eigenvalue weighted by Crippen LogP contribution is -2.45. The van der Waals surface area contributed by atoms with Gasteiger partial charge >= 0.3 is 0 Å². The number of hydrogen-bond donors (Lipinski definition) is 2. The summed E-state index contributed by atoms with van der Waals surface area (Å²) in [5.74, 6) is 0. The molecular formula is C13H16Cl3NO. The lowest BCUT2D eigenvalue weighted by Gasteiger charge is -2.28. The van der Waals surface area contributed by atoms with Gasteiger partial charge in [-0.15, -0.1) is 0 Å². The highest BCUT2D eigenvalue weighted by molar-refractivity contribution is 6.44. The van der Waals surface area contributed by atoms with Crippen molar-refractivity contribution >= 4 is 34.8 Å². The van der Waals surface area contributed by atoms with Crippen LogP contribution in [0.1, 0.15) is 31.2 Å². The summed E-state index contributed by atoms with van der Waals surface area (Å²) < 4.78 is 0. The molecule has 0 bridgehead atoms. The van der Waals surface area contributed by atoms with Gasteiger partial charge in [-0.2, -0.15) is 0 Å². The van der Waals surface area contributed by atoms with Gasteiger partial charge in [0.15, 0.2) is 0 Å². The number of hydrogen-bond acceptors (Lipinski definition) is 2. The monoisotopic (exact) mass is 307 g/mol. The first kappa shape index (κ1) is 14.4. The van der Waals surface area contributed by atoms with Gasteiger partial charge in [-0.05, 0) is 25.0 Å². The van der Waals surface area contributed by atoms with Crippen molar-refractivity contribution in [3.05, 3.63) is 32.8 Å². The maximum atomic E-state index is 9.53. The number of halogens is 3. The Morgan fingerprint density at radius 2 is 1.72 bits per heavy atom. The van der Waals surface area contributed by atoms with E-state index in [0.29, 0.717) is 21.6 Å². The van der Waals surface area contributed by atoms with Crippen LogP contribution < -0.4 is 5.32 Å². The minimum Gasteiger partial charge on any atom is -0.394 e. The molecule has 1 fully saturated rings. The molecule has 0 amide bonds. The van der Waals surface area contributed by atoms with Crippen LogP contribution in [0.4, 0.5) is 0 Å². The Labute approximate surface area is 122 Å². The van der Waals surface area contributed by atoms with Crippen LogP contribution in [0.25, 0.3) is 0 Å². The van der Waals surface area contributed by atoms with E-state index in [4.69, 9.17) is 34.8 Å². The second-order valence-electron chi connectivity index (χ2n) is 4.82. The number of aliphatic hydroxyl groups is 1. The van der Waals surface area contributed by atoms with Crippen LogP contribution >= 0.6 is 34.8 Å². The highest BCUT2D eigenvalue weighted by Crippen LogP contribution is 2.33. The van der Waals surface area contributed by atoms with Crippen LogP contribution in [0.15, 0.2) is 12.1 Å². The lowest BCUT2D eigenvalue weighted by atomic mass is 9.98. The van der Waals surface area contributed by atoms with E-state index in [1.54, 1.807) is 12.1 Å². The molecule has 2 N–H and O–H groups in total. The molecule has 0 aliphatic heterocycles. The first-order valence-electron chi connectivity index (χ1n) is 6.06. The van der Waals surface area contributed by atoms with Crippen molar-refractivity contribution < 1.29 is 5.11 Å². The summed E-state index contributed by atoms with van der Waals surface area (Å²) in [7, 11) is 0. The largest absolute Gasteiger partial charge is 0.394 e. The fourth-order valence-corrected chi connectivity index (χ4v) is 3.13. The maximum absolute atomic E-state index is 9.53. The van der Waals surface area contributed by atoms with E-state index in [1.165, 1.54) is 0 Å². The lowest BCUT2D eigenvalue weighted by molar-refractivity contribution is 0.163. The van der Waals surface area contributed by atoms with Crippen LogP contribution in [-0.4, -0.2) is 17.3 Å². The molecule has 0 radical (unpaired) electrons. The van der Waals surface area contributed by atoms with E-state index in [9.17, 15) is 5.11 Å². The molecule has 1 aliphatic carbocycles. The molecule has 0 atom stereocenters. The summed E-state index contributed by atoms with van der Waals surface area (Å²) in [6, 6.07) is 3.43. The van der Waals surface area contributed by atoms with Gasteiger partial charge in [0.25, 0.3) is 0 Å². The third-order valence-corrected chi connectivity index (χ3v) is 4.84. The molecule has 0 heterocycles. The van der Waals surface area contributed by atoms with Crippen molar-refractivity contribution in [2.75, 3.05) is 6.61 Å². The average Bonchev–Trinajstić information content (AvgIpc) is 2.84. The topological polar surface area (TPSA) is 32.3 Å². The first-order valence-corrected chi connectivity index (χ1v) is 7.20. The van der Waals surface area contributed by atoms with Crippen molar-refractivity contribution in [1.82, 2.24) is 5.32 Å². The summed E-state index contributed by atoms with van der Waals surface area (Å²) in [6.45, 7) is 0.668. The minimum atomic E-state index is -0.186. The smallest absolute Gasteiger partial charge is 0.0652 e. The van der Waals surface area contributed by atoms with Crippen molar-refractivity contribution in [3.8, 4) is 0 Å². The minimum absolute atomic E-state index is 0.142. The number of rotatable bonds is 4. The summed E-state index contributed by atoms with van der Waals surface area (Å²) >= 11 is 18.3. The van der Waals surface area contributed by atoms with Crippen LogP contribution in [0, 0.1) is 0 Å². The van der Waals surface area contributed by atoms with Crippen LogP contribution in [0.5, 0.6) is 0 Å². The summed E-state index contributed by atoms with van der Waals surface area (Å²) in [6.07, 6.45) is 4.26. The molecule has 1 aromatic carbocycles. The van der Waals surface area contributed by atoms with Gasteiger partial charge in [-0.25, -0.2) is 0 Å². The second-order valence-corrected chi connectivity index (χ2v) is 6.01. The Morgan fingerprint density at radius 3 is 2.33 bits per heavy atom. The average molecular weight is 309 g/mol. The van der Waals surface area contributed by atoms with Crippen molar-refractivity contribution in [2.45, 2.75) is 37.8 Å². The first-order chi connectivity index (χ1) is 8.58. The predicted molar refractivity (Wildman–Crippen MR) is 76.6 cm³/mol. The molecule has 2 rings (SSSR count). The molecule has 5 heteroatoms. The molecule has 1 aromatic rings. The Hall–Kier alpha value is 0.01000. The molecule has 0 aromatic heterocycles. The quantitative estimate of drug-likeness (QED) is 0.823. The van der Waals surface area contributed by atoms with E-state index in [1.807, 2.05) is 0 Å². The molecule has 1 aliphatic rings. The Morgan fingerprint density at radius 1 is 1.11 bits per heavy atom. The zero-order valence-electron chi connectivity index (χ0n) is 9.98. The Kier molecular flexibility index (Phi) is 4.79. The zero-order chi connectivity index (χ0) is 13.2. The van der Waals surface area contributed by atoms with Crippen molar-refractivity contribution in [1.29, 1.82) is 0 Å². The molecule has 0 spiro atoms. The van der Waals surface area contributed by atoms with Crippen molar-refractivity contribution in [2.24, 2.45) is 0 Å². The fourth-order valence-electron chi connectivity index (χ4n) is 2.45. The molecule has 0 unspecified atom stereocenters.